The van der Waals surface area contributed by atoms with Gasteiger partial charge in [-0.1, -0.05) is 5.16 Å². The lowest BCUT2D eigenvalue weighted by atomic mass is 9.77. The van der Waals surface area contributed by atoms with Gasteiger partial charge in [-0.3, -0.25) is 4.79 Å². The summed E-state index contributed by atoms with van der Waals surface area (Å²) in [6.07, 6.45) is 7.23. The molecule has 3 aliphatic rings. The highest BCUT2D eigenvalue weighted by atomic mass is 16.5. The summed E-state index contributed by atoms with van der Waals surface area (Å²) in [5.74, 6) is 1.45. The van der Waals surface area contributed by atoms with Crippen molar-refractivity contribution in [3.63, 3.8) is 0 Å². The van der Waals surface area contributed by atoms with Crippen LogP contribution in [0.2, 0.25) is 0 Å². The summed E-state index contributed by atoms with van der Waals surface area (Å²) in [6, 6.07) is 0. The highest BCUT2D eigenvalue weighted by Crippen LogP contribution is 2.45. The van der Waals surface area contributed by atoms with Gasteiger partial charge in [0.15, 0.2) is 5.82 Å². The number of carbonyl (C=O) groups is 1. The Labute approximate surface area is 148 Å². The monoisotopic (exact) mass is 349 g/mol. The normalized spacial score (nSPS) is 27.4. The van der Waals surface area contributed by atoms with Gasteiger partial charge in [0.2, 0.25) is 5.91 Å². The van der Waals surface area contributed by atoms with Gasteiger partial charge in [0.25, 0.3) is 5.89 Å². The van der Waals surface area contributed by atoms with E-state index in [1.54, 1.807) is 7.11 Å². The number of likely N-dealkylation sites (tertiary alicyclic amines) is 1. The predicted octanol–water partition coefficient (Wildman–Crippen LogP) is 2.55. The number of ether oxygens (including phenoxy) is 2. The molecule has 0 aromatic carbocycles. The molecule has 1 spiro atoms. The molecule has 138 valence electrons. The van der Waals surface area contributed by atoms with E-state index >= 15 is 0 Å². The fourth-order valence-corrected chi connectivity index (χ4v) is 4.37. The van der Waals surface area contributed by atoms with Gasteiger partial charge in [-0.05, 0) is 51.9 Å². The van der Waals surface area contributed by atoms with Crippen LogP contribution in [0, 0.1) is 6.92 Å². The van der Waals surface area contributed by atoms with Crippen molar-refractivity contribution in [2.75, 3.05) is 20.2 Å². The molecule has 1 aromatic heterocycles. The lowest BCUT2D eigenvalue weighted by molar-refractivity contribution is -0.149. The molecule has 2 aliphatic heterocycles. The molecule has 1 unspecified atom stereocenters. The number of nitrogens with zero attached hydrogens (tertiary/aromatic N) is 3. The Morgan fingerprint density at radius 1 is 1.28 bits per heavy atom. The summed E-state index contributed by atoms with van der Waals surface area (Å²) in [7, 11) is 1.73. The first-order valence-corrected chi connectivity index (χ1v) is 9.34. The average Bonchev–Trinajstić information content (AvgIpc) is 3.18. The number of rotatable bonds is 4. The van der Waals surface area contributed by atoms with Gasteiger partial charge in [0.1, 0.15) is 6.10 Å². The summed E-state index contributed by atoms with van der Waals surface area (Å²) in [4.78, 5) is 18.9. The second-order valence-corrected chi connectivity index (χ2v) is 7.81. The van der Waals surface area contributed by atoms with Crippen molar-refractivity contribution in [2.45, 2.75) is 75.6 Å². The molecule has 1 aliphatic carbocycles. The number of aryl methyl sites for hydroxylation is 1. The van der Waals surface area contributed by atoms with Crippen LogP contribution in [-0.2, 0) is 14.3 Å². The van der Waals surface area contributed by atoms with Gasteiger partial charge in [-0.15, -0.1) is 0 Å². The molecule has 1 amide bonds. The predicted molar refractivity (Wildman–Crippen MR) is 88.8 cm³/mol. The SMILES string of the molecule is COC1(CC(=O)N2CCC3(CCC(c4nc(C)no4)O3)CC2)CCC1. The van der Waals surface area contributed by atoms with Crippen LogP contribution >= 0.6 is 0 Å². The van der Waals surface area contributed by atoms with Crippen LogP contribution in [0.15, 0.2) is 4.52 Å². The molecule has 0 N–H and O–H groups in total. The van der Waals surface area contributed by atoms with Gasteiger partial charge >= 0.3 is 0 Å². The number of hydrogen-bond donors (Lipinski definition) is 0. The molecular formula is C18H27N3O4. The summed E-state index contributed by atoms with van der Waals surface area (Å²) in [6.45, 7) is 3.33. The molecule has 7 nitrogen and oxygen atoms in total. The van der Waals surface area contributed by atoms with Gasteiger partial charge in [-0.25, -0.2) is 0 Å². The molecular weight excluding hydrogens is 322 g/mol. The van der Waals surface area contributed by atoms with Gasteiger partial charge in [0.05, 0.1) is 17.6 Å². The Morgan fingerprint density at radius 2 is 2.04 bits per heavy atom. The van der Waals surface area contributed by atoms with E-state index in [2.05, 4.69) is 10.1 Å². The smallest absolute Gasteiger partial charge is 0.255 e. The Hall–Kier alpha value is -1.47. The number of piperidine rings is 1. The van der Waals surface area contributed by atoms with Gasteiger partial charge in [0, 0.05) is 20.2 Å². The van der Waals surface area contributed by atoms with Crippen LogP contribution < -0.4 is 0 Å². The topological polar surface area (TPSA) is 77.7 Å². The number of amides is 1. The summed E-state index contributed by atoms with van der Waals surface area (Å²) in [5, 5.41) is 3.85. The van der Waals surface area contributed by atoms with Gasteiger partial charge in [-0.2, -0.15) is 4.98 Å². The standard InChI is InChI=1S/C18H27N3O4/c1-13-19-16(25-20-13)14-4-7-17(24-14)8-10-21(11-9-17)15(22)12-18(23-2)5-3-6-18/h14H,3-12H2,1-2H3. The Morgan fingerprint density at radius 3 is 2.60 bits per heavy atom. The zero-order valence-corrected chi connectivity index (χ0v) is 15.1. The molecule has 3 heterocycles. The summed E-state index contributed by atoms with van der Waals surface area (Å²) >= 11 is 0. The minimum atomic E-state index is -0.197. The number of methoxy groups -OCH3 is 1. The van der Waals surface area contributed by atoms with E-state index < -0.39 is 0 Å². The molecule has 1 aromatic rings. The molecule has 4 rings (SSSR count). The Bertz CT molecular complexity index is 627. The van der Waals surface area contributed by atoms with Crippen molar-refractivity contribution in [3.8, 4) is 0 Å². The van der Waals surface area contributed by atoms with Crippen molar-refractivity contribution >= 4 is 5.91 Å². The third-order valence-electron chi connectivity index (χ3n) is 6.27. The fourth-order valence-electron chi connectivity index (χ4n) is 4.37. The van der Waals surface area contributed by atoms with Crippen molar-refractivity contribution < 1.29 is 18.8 Å². The van der Waals surface area contributed by atoms with Crippen LogP contribution in [0.3, 0.4) is 0 Å². The quantitative estimate of drug-likeness (QED) is 0.831. The van der Waals surface area contributed by atoms with E-state index in [0.29, 0.717) is 18.1 Å². The fraction of sp³-hybridized carbons (Fsp3) is 0.833. The first-order valence-electron chi connectivity index (χ1n) is 9.34. The number of carbonyl (C=O) groups excluding carboxylic acids is 1. The number of hydrogen-bond acceptors (Lipinski definition) is 6. The molecule has 0 bridgehead atoms. The summed E-state index contributed by atoms with van der Waals surface area (Å²) < 4.78 is 17.2. The van der Waals surface area contributed by atoms with Crippen molar-refractivity contribution in [2.24, 2.45) is 0 Å². The summed E-state index contributed by atoms with van der Waals surface area (Å²) in [5.41, 5.74) is -0.337. The third kappa shape index (κ3) is 3.19. The zero-order valence-electron chi connectivity index (χ0n) is 15.1. The molecule has 1 atom stereocenters. The van der Waals surface area contributed by atoms with Crippen molar-refractivity contribution in [1.29, 1.82) is 0 Å². The van der Waals surface area contributed by atoms with E-state index in [-0.39, 0.29) is 23.2 Å². The Balaban J connectivity index is 1.31. The number of aromatic nitrogens is 2. The lowest BCUT2D eigenvalue weighted by Crippen LogP contribution is -2.50. The maximum Gasteiger partial charge on any atom is 0.255 e. The maximum absolute atomic E-state index is 12.6. The molecule has 1 saturated carbocycles. The molecule has 3 fully saturated rings. The maximum atomic E-state index is 12.6. The highest BCUT2D eigenvalue weighted by molar-refractivity contribution is 5.77. The van der Waals surface area contributed by atoms with Crippen molar-refractivity contribution in [3.05, 3.63) is 11.7 Å². The first kappa shape index (κ1) is 17.0. The molecule has 7 heteroatoms. The second kappa shape index (κ2) is 6.36. The van der Waals surface area contributed by atoms with E-state index in [0.717, 1.165) is 58.0 Å². The van der Waals surface area contributed by atoms with Crippen LogP contribution in [0.5, 0.6) is 0 Å². The van der Waals surface area contributed by atoms with E-state index in [9.17, 15) is 4.79 Å². The van der Waals surface area contributed by atoms with E-state index in [1.807, 2.05) is 11.8 Å². The van der Waals surface area contributed by atoms with Crippen LogP contribution in [-0.4, -0.2) is 52.3 Å². The Kier molecular flexibility index (Phi) is 4.32. The third-order valence-corrected chi connectivity index (χ3v) is 6.27. The zero-order chi connectivity index (χ0) is 17.5. The first-order chi connectivity index (χ1) is 12.0. The van der Waals surface area contributed by atoms with Crippen LogP contribution in [0.4, 0.5) is 0 Å². The van der Waals surface area contributed by atoms with Gasteiger partial charge < -0.3 is 18.9 Å². The lowest BCUT2D eigenvalue weighted by Gasteiger charge is -2.43. The minimum absolute atomic E-state index is 0.102. The minimum Gasteiger partial charge on any atom is -0.378 e. The molecule has 2 saturated heterocycles. The largest absolute Gasteiger partial charge is 0.378 e. The average molecular weight is 349 g/mol. The van der Waals surface area contributed by atoms with E-state index in [4.69, 9.17) is 14.0 Å². The second-order valence-electron chi connectivity index (χ2n) is 7.81. The van der Waals surface area contributed by atoms with Crippen LogP contribution in [0.1, 0.15) is 69.2 Å². The highest BCUT2D eigenvalue weighted by Gasteiger charge is 2.46. The van der Waals surface area contributed by atoms with Crippen LogP contribution in [0.25, 0.3) is 0 Å². The molecule has 0 radical (unpaired) electrons. The van der Waals surface area contributed by atoms with Crippen molar-refractivity contribution in [1.82, 2.24) is 15.0 Å². The van der Waals surface area contributed by atoms with E-state index in [1.165, 1.54) is 0 Å². The molecule has 25 heavy (non-hydrogen) atoms.